The highest BCUT2D eigenvalue weighted by Crippen LogP contribution is 1.67. The van der Waals surface area contributed by atoms with E-state index in [0.29, 0.717) is 0 Å². The lowest BCUT2D eigenvalue weighted by atomic mass is 11.4. The molecule has 4 nitrogen and oxygen atoms in total. The molecule has 0 saturated heterocycles. The van der Waals surface area contributed by atoms with Gasteiger partial charge in [0.2, 0.25) is 0 Å². The molecule has 0 saturated carbocycles. The van der Waals surface area contributed by atoms with E-state index in [1.54, 1.807) is 0 Å². The van der Waals surface area contributed by atoms with E-state index in [4.69, 9.17) is 0 Å². The number of hydrazine groups is 1. The van der Waals surface area contributed by atoms with Gasteiger partial charge in [-0.25, -0.2) is 10.1 Å². The van der Waals surface area contributed by atoms with Crippen LogP contribution in [-0.2, 0) is 0 Å². The van der Waals surface area contributed by atoms with Crippen LogP contribution in [0.4, 0.5) is 0 Å². The number of rotatable bonds is 1. The van der Waals surface area contributed by atoms with Crippen molar-refractivity contribution in [2.45, 2.75) is 0 Å². The molecule has 0 aromatic rings. The quantitative estimate of drug-likeness (QED) is 0.330. The second kappa shape index (κ2) is 1.59. The zero-order chi connectivity index (χ0) is 5.15. The number of nitro groups is 1. The minimum absolute atomic E-state index is 0.500. The van der Waals surface area contributed by atoms with E-state index in [2.05, 4.69) is 0 Å². The summed E-state index contributed by atoms with van der Waals surface area (Å²) in [6.45, 7) is 0. The van der Waals surface area contributed by atoms with Gasteiger partial charge < -0.3 is 0 Å². The zero-order valence-corrected chi connectivity index (χ0v) is 3.71. The second-order valence-corrected chi connectivity index (χ2v) is 1.09. The average molecular weight is 92.1 g/mol. The van der Waals surface area contributed by atoms with Crippen LogP contribution in [0.15, 0.2) is 0 Å². The van der Waals surface area contributed by atoms with E-state index >= 15 is 0 Å². The monoisotopic (exact) mass is 92.0 g/mol. The summed E-state index contributed by atoms with van der Waals surface area (Å²) in [4.78, 5) is 9.43. The lowest BCUT2D eigenvalue weighted by Crippen LogP contribution is -2.18. The first-order chi connectivity index (χ1) is 2.64. The molecule has 0 N–H and O–H groups in total. The maximum absolute atomic E-state index is 9.43. The number of hydrogen-bond donors (Lipinski definition) is 0. The van der Waals surface area contributed by atoms with Gasteiger partial charge in [-0.2, -0.15) is 0 Å². The molecule has 0 spiro atoms. The maximum Gasteiger partial charge on any atom is 0.159 e. The first-order valence-electron chi connectivity index (χ1n) is 1.46. The summed E-state index contributed by atoms with van der Waals surface area (Å²) in [5, 5.41) is 9.82. The fourth-order valence-corrected chi connectivity index (χ4v) is 0. The molecule has 0 aliphatic heterocycles. The van der Waals surface area contributed by atoms with Crippen molar-refractivity contribution in [1.29, 1.82) is 0 Å². The van der Waals surface area contributed by atoms with Crippen molar-refractivity contribution < 1.29 is 5.03 Å². The van der Waals surface area contributed by atoms with E-state index in [1.165, 1.54) is 14.1 Å². The van der Waals surface area contributed by atoms with Crippen LogP contribution in [0, 0.1) is 10.1 Å². The van der Waals surface area contributed by atoms with Crippen LogP contribution in [0.1, 0.15) is 0 Å². The molecule has 0 rings (SSSR count). The molecule has 0 aromatic carbocycles. The summed E-state index contributed by atoms with van der Waals surface area (Å²) in [7, 11) is 2.75. The van der Waals surface area contributed by atoms with Crippen molar-refractivity contribution in [1.82, 2.24) is 5.01 Å². The predicted molar refractivity (Wildman–Crippen MR) is 20.7 cm³/mol. The Hall–Kier alpha value is -0.800. The summed E-state index contributed by atoms with van der Waals surface area (Å²) in [6, 6.07) is 0. The largest absolute Gasteiger partial charge is 0.235 e. The van der Waals surface area contributed by atoms with Gasteiger partial charge in [0.15, 0.2) is 5.03 Å². The molecule has 0 unspecified atom stereocenters. The summed E-state index contributed by atoms with van der Waals surface area (Å²) < 4.78 is 0. The van der Waals surface area contributed by atoms with Crippen LogP contribution in [0.25, 0.3) is 0 Å². The molecule has 0 aliphatic carbocycles. The van der Waals surface area contributed by atoms with Crippen LogP contribution in [0.2, 0.25) is 0 Å². The summed E-state index contributed by atoms with van der Waals surface area (Å²) in [6.07, 6.45) is 0. The molecule has 36 valence electrons. The molecule has 0 aliphatic rings. The van der Waals surface area contributed by atoms with Gasteiger partial charge in [0.1, 0.15) is 0 Å². The molecule has 0 heterocycles. The van der Waals surface area contributed by atoms with Gasteiger partial charge in [-0.15, -0.1) is 5.01 Å². The molecular weight excluding hydrogens is 86.0 g/mol. The van der Waals surface area contributed by atoms with Crippen molar-refractivity contribution in [2.75, 3.05) is 14.1 Å². The third kappa shape index (κ3) is 1.51. The highest BCUT2D eigenvalue weighted by atomic mass is 16.7. The Kier molecular flexibility index (Phi) is 1.38. The summed E-state index contributed by atoms with van der Waals surface area (Å²) in [5.41, 5.74) is 0. The average Bonchev–Trinajstić information content (AvgIpc) is 1.36. The van der Waals surface area contributed by atoms with Crippen molar-refractivity contribution in [3.63, 3.8) is 0 Å². The van der Waals surface area contributed by atoms with E-state index in [1.807, 2.05) is 0 Å². The highest BCUT2D eigenvalue weighted by molar-refractivity contribution is 4.04. The molecular formula is C2H6N2O2. The van der Waals surface area contributed by atoms with Gasteiger partial charge in [0, 0.05) is 0 Å². The third-order valence-electron chi connectivity index (χ3n) is 0.327. The Labute approximate surface area is 35.5 Å². The molecule has 6 heavy (non-hydrogen) atoms. The second-order valence-electron chi connectivity index (χ2n) is 1.09. The van der Waals surface area contributed by atoms with Crippen molar-refractivity contribution >= 4 is 0 Å². The first-order valence-corrected chi connectivity index (χ1v) is 1.46. The fraction of sp³-hybridized carbons (Fsp3) is 1.00. The molecule has 0 aromatic heterocycles. The lowest BCUT2D eigenvalue weighted by molar-refractivity contribution is -0.642. The van der Waals surface area contributed by atoms with Crippen LogP contribution in [0.5, 0.6) is 0 Å². The van der Waals surface area contributed by atoms with Gasteiger partial charge in [0.25, 0.3) is 0 Å². The molecule has 0 radical (unpaired) electrons. The van der Waals surface area contributed by atoms with Crippen LogP contribution in [-0.4, -0.2) is 24.1 Å². The highest BCUT2D eigenvalue weighted by Gasteiger charge is 1.91. The Bertz CT molecular complexity index is 60.6. The Morgan fingerprint density at radius 2 is 2.17 bits per heavy atom. The smallest absolute Gasteiger partial charge is 0.159 e. The Morgan fingerprint density at radius 1 is 2.00 bits per heavy atom. The van der Waals surface area contributed by atoms with E-state index in [9.17, 15) is 10.1 Å². The minimum Gasteiger partial charge on any atom is -0.235 e. The number of nitrogens with zero attached hydrogens (tertiary/aromatic N) is 2. The molecule has 4 heteroatoms. The van der Waals surface area contributed by atoms with Gasteiger partial charge in [0.05, 0.1) is 14.1 Å². The van der Waals surface area contributed by atoms with Crippen molar-refractivity contribution in [3.8, 4) is 0 Å². The van der Waals surface area contributed by atoms with Crippen LogP contribution in [0.3, 0.4) is 0 Å². The van der Waals surface area contributed by atoms with E-state index in [0.717, 1.165) is 5.01 Å². The van der Waals surface area contributed by atoms with Gasteiger partial charge in [-0.05, 0) is 0 Å². The molecule has 0 bridgehead atoms. The fourth-order valence-electron chi connectivity index (χ4n) is 0. The Morgan fingerprint density at radius 3 is 2.17 bits per heavy atom. The topological polar surface area (TPSA) is 46.4 Å². The normalized spacial score (nSPS) is 7.67. The number of hydrogen-bond acceptors (Lipinski definition) is 2. The van der Waals surface area contributed by atoms with Gasteiger partial charge in [-0.1, -0.05) is 0 Å². The van der Waals surface area contributed by atoms with E-state index in [-0.39, 0.29) is 0 Å². The van der Waals surface area contributed by atoms with Gasteiger partial charge in [-0.3, -0.25) is 0 Å². The lowest BCUT2D eigenvalue weighted by Gasteiger charge is -1.94. The SMILES string of the molecule is CN([14CH3])[N+](=O)[O-]. The first kappa shape index (κ1) is 5.20. The third-order valence-corrected chi connectivity index (χ3v) is 0.327. The molecule has 0 fully saturated rings. The predicted octanol–water partition coefficient (Wildman–Crippen LogP) is -0.260. The van der Waals surface area contributed by atoms with Crippen LogP contribution < -0.4 is 0 Å². The molecule has 0 amide bonds. The summed E-state index contributed by atoms with van der Waals surface area (Å²) >= 11 is 0. The summed E-state index contributed by atoms with van der Waals surface area (Å²) in [5.74, 6) is 0. The molecule has 0 atom stereocenters. The van der Waals surface area contributed by atoms with E-state index < -0.39 is 5.03 Å². The van der Waals surface area contributed by atoms with Crippen molar-refractivity contribution in [2.24, 2.45) is 0 Å². The maximum atomic E-state index is 9.43. The van der Waals surface area contributed by atoms with Crippen molar-refractivity contribution in [3.05, 3.63) is 10.1 Å². The zero-order valence-electron chi connectivity index (χ0n) is 3.71. The van der Waals surface area contributed by atoms with Gasteiger partial charge >= 0.3 is 0 Å². The standard InChI is InChI=1S/C2H6N2O2/c1-3(2)4(5)6/h1-2H3/i1+2. The Balaban J connectivity index is 3.26. The van der Waals surface area contributed by atoms with Crippen LogP contribution >= 0.6 is 0 Å². The minimum atomic E-state index is -0.500.